The number of carbonyl (C=O) groups is 1. The van der Waals surface area contributed by atoms with Gasteiger partial charge < -0.3 is 14.8 Å². The molecule has 0 radical (unpaired) electrons. The van der Waals surface area contributed by atoms with Crippen molar-refractivity contribution in [3.05, 3.63) is 44.7 Å². The number of aryl methyl sites for hydroxylation is 1. The Hall–Kier alpha value is -2.27. The van der Waals surface area contributed by atoms with Crippen LogP contribution in [-0.2, 0) is 14.3 Å². The van der Waals surface area contributed by atoms with Gasteiger partial charge in [0.05, 0.1) is 29.7 Å². The molecule has 172 valence electrons. The highest BCUT2D eigenvalue weighted by Crippen LogP contribution is 2.32. The van der Waals surface area contributed by atoms with E-state index in [1.807, 2.05) is 26.8 Å². The fraction of sp³-hybridized carbons (Fsp3) is 0.455. The molecule has 1 N–H and O–H groups in total. The molecule has 1 aliphatic heterocycles. The molecular weight excluding hydrogens is 448 g/mol. The van der Waals surface area contributed by atoms with E-state index in [1.54, 1.807) is 25.4 Å². The van der Waals surface area contributed by atoms with Crippen molar-refractivity contribution in [3.8, 4) is 0 Å². The van der Waals surface area contributed by atoms with E-state index in [2.05, 4.69) is 5.32 Å². The average Bonchev–Trinajstić information content (AvgIpc) is 3.01. The molecule has 0 unspecified atom stereocenters. The summed E-state index contributed by atoms with van der Waals surface area (Å²) in [4.78, 5) is 32.8. The van der Waals surface area contributed by atoms with Crippen molar-refractivity contribution in [3.63, 3.8) is 0 Å². The summed E-state index contributed by atoms with van der Waals surface area (Å²) < 4.78 is 12.6. The Morgan fingerprint density at radius 2 is 2.09 bits per heavy atom. The van der Waals surface area contributed by atoms with Crippen LogP contribution >= 0.6 is 24.0 Å². The van der Waals surface area contributed by atoms with E-state index in [9.17, 15) is 9.59 Å². The molecule has 1 aliphatic rings. The summed E-state index contributed by atoms with van der Waals surface area (Å²) in [6, 6.07) is 3.71. The number of pyridine rings is 1. The Bertz CT molecular complexity index is 1100. The van der Waals surface area contributed by atoms with Gasteiger partial charge >= 0.3 is 0 Å². The van der Waals surface area contributed by atoms with Gasteiger partial charge in [-0.2, -0.15) is 0 Å². The molecule has 3 heterocycles. The number of hydrogen-bond acceptors (Lipinski definition) is 8. The van der Waals surface area contributed by atoms with Gasteiger partial charge in [-0.25, -0.2) is 4.98 Å². The van der Waals surface area contributed by atoms with Crippen molar-refractivity contribution in [1.29, 1.82) is 0 Å². The van der Waals surface area contributed by atoms with Crippen LogP contribution in [0, 0.1) is 6.92 Å². The number of aromatic nitrogens is 2. The quantitative estimate of drug-likeness (QED) is 0.318. The Kier molecular flexibility index (Phi) is 8.41. The van der Waals surface area contributed by atoms with Crippen LogP contribution in [-0.4, -0.2) is 64.0 Å². The van der Waals surface area contributed by atoms with Gasteiger partial charge in [-0.1, -0.05) is 30.0 Å². The second-order valence-corrected chi connectivity index (χ2v) is 9.27. The largest absolute Gasteiger partial charge is 0.383 e. The van der Waals surface area contributed by atoms with E-state index in [0.717, 1.165) is 12.0 Å². The second kappa shape index (κ2) is 11.0. The van der Waals surface area contributed by atoms with Crippen LogP contribution < -0.4 is 10.9 Å². The number of methoxy groups -OCH3 is 1. The maximum atomic E-state index is 13.3. The summed E-state index contributed by atoms with van der Waals surface area (Å²) in [5.74, 6) is 0.207. The van der Waals surface area contributed by atoms with Crippen LogP contribution in [0.2, 0.25) is 0 Å². The summed E-state index contributed by atoms with van der Waals surface area (Å²) in [5.41, 5.74) is 1.53. The summed E-state index contributed by atoms with van der Waals surface area (Å²) in [6.07, 6.45) is 4.19. The molecule has 2 aromatic heterocycles. The van der Waals surface area contributed by atoms with E-state index in [0.29, 0.717) is 52.6 Å². The van der Waals surface area contributed by atoms with Crippen molar-refractivity contribution in [2.75, 3.05) is 38.7 Å². The molecule has 3 rings (SSSR count). The summed E-state index contributed by atoms with van der Waals surface area (Å²) >= 11 is 6.53. The van der Waals surface area contributed by atoms with Crippen LogP contribution in [0.15, 0.2) is 28.0 Å². The molecule has 0 spiro atoms. The van der Waals surface area contributed by atoms with Gasteiger partial charge in [-0.15, -0.1) is 0 Å². The molecule has 1 amide bonds. The molecule has 0 atom stereocenters. The van der Waals surface area contributed by atoms with Crippen molar-refractivity contribution in [2.45, 2.75) is 33.3 Å². The third-order valence-corrected chi connectivity index (χ3v) is 6.19. The lowest BCUT2D eigenvalue weighted by molar-refractivity contribution is -0.122. The smallest absolute Gasteiger partial charge is 0.267 e. The van der Waals surface area contributed by atoms with E-state index in [1.165, 1.54) is 21.1 Å². The van der Waals surface area contributed by atoms with Crippen LogP contribution in [0.25, 0.3) is 11.7 Å². The summed E-state index contributed by atoms with van der Waals surface area (Å²) in [6.45, 7) is 7.81. The molecule has 1 fully saturated rings. The van der Waals surface area contributed by atoms with Gasteiger partial charge in [0.25, 0.3) is 11.5 Å². The number of amides is 1. The number of ether oxygens (including phenoxy) is 2. The first-order valence-corrected chi connectivity index (χ1v) is 11.7. The number of nitrogens with one attached hydrogen (secondary N) is 1. The Labute approximate surface area is 197 Å². The fourth-order valence-corrected chi connectivity index (χ4v) is 4.47. The normalized spacial score (nSPS) is 15.5. The third-order valence-electron chi connectivity index (χ3n) is 4.82. The lowest BCUT2D eigenvalue weighted by Crippen LogP contribution is -2.31. The zero-order chi connectivity index (χ0) is 23.3. The van der Waals surface area contributed by atoms with Gasteiger partial charge in [-0.05, 0) is 44.9 Å². The number of hydrogen-bond donors (Lipinski definition) is 1. The molecular formula is C22H28N4O4S2. The number of anilines is 1. The maximum Gasteiger partial charge on any atom is 0.267 e. The van der Waals surface area contributed by atoms with E-state index in [-0.39, 0.29) is 17.6 Å². The first kappa shape index (κ1) is 24.4. The van der Waals surface area contributed by atoms with Gasteiger partial charge in [-0.3, -0.25) is 18.9 Å². The van der Waals surface area contributed by atoms with Crippen LogP contribution in [0.4, 0.5) is 5.82 Å². The molecule has 0 bridgehead atoms. The van der Waals surface area contributed by atoms with Gasteiger partial charge in [0.1, 0.15) is 15.8 Å². The molecule has 10 heteroatoms. The van der Waals surface area contributed by atoms with E-state index >= 15 is 0 Å². The van der Waals surface area contributed by atoms with Crippen molar-refractivity contribution in [2.24, 2.45) is 0 Å². The third kappa shape index (κ3) is 5.55. The molecule has 32 heavy (non-hydrogen) atoms. The van der Waals surface area contributed by atoms with Gasteiger partial charge in [0.2, 0.25) is 0 Å². The predicted octanol–water partition coefficient (Wildman–Crippen LogP) is 3.08. The minimum Gasteiger partial charge on any atom is -0.383 e. The fourth-order valence-electron chi connectivity index (χ4n) is 3.18. The molecule has 8 nitrogen and oxygen atoms in total. The number of nitrogens with zero attached hydrogens (tertiary/aromatic N) is 3. The van der Waals surface area contributed by atoms with E-state index in [4.69, 9.17) is 26.7 Å². The predicted molar refractivity (Wildman–Crippen MR) is 132 cm³/mol. The average molecular weight is 477 g/mol. The van der Waals surface area contributed by atoms with Gasteiger partial charge in [0, 0.05) is 26.5 Å². The second-order valence-electron chi connectivity index (χ2n) is 7.59. The topological polar surface area (TPSA) is 85.2 Å². The van der Waals surface area contributed by atoms with Gasteiger partial charge in [0.15, 0.2) is 0 Å². The van der Waals surface area contributed by atoms with Crippen molar-refractivity contribution in [1.82, 2.24) is 14.3 Å². The number of thioether (sulfide) groups is 1. The highest BCUT2D eigenvalue weighted by Gasteiger charge is 2.32. The summed E-state index contributed by atoms with van der Waals surface area (Å²) in [7, 11) is 1.57. The molecule has 0 aromatic carbocycles. The highest BCUT2D eigenvalue weighted by molar-refractivity contribution is 8.26. The van der Waals surface area contributed by atoms with Crippen molar-refractivity contribution < 1.29 is 14.3 Å². The van der Waals surface area contributed by atoms with Crippen LogP contribution in [0.5, 0.6) is 0 Å². The molecule has 2 aromatic rings. The van der Waals surface area contributed by atoms with Crippen molar-refractivity contribution >= 4 is 51.7 Å². The lowest BCUT2D eigenvalue weighted by atomic mass is 10.2. The Morgan fingerprint density at radius 1 is 1.31 bits per heavy atom. The standard InChI is InChI=1S/C22H28N4O4S2/c1-14(2)30-11-6-8-23-18-16(20(27)25-9-5-7-15(3)19(25)24-18)13-17-21(28)26(10-12-29-4)22(31)32-17/h5,7,9,13-14,23H,6,8,10-12H2,1-4H3. The number of fused-ring (bicyclic) bond motifs is 1. The Balaban J connectivity index is 1.96. The highest BCUT2D eigenvalue weighted by atomic mass is 32.2. The summed E-state index contributed by atoms with van der Waals surface area (Å²) in [5, 5.41) is 3.26. The first-order valence-electron chi connectivity index (χ1n) is 10.4. The maximum absolute atomic E-state index is 13.3. The first-order chi connectivity index (χ1) is 15.3. The Morgan fingerprint density at radius 3 is 2.81 bits per heavy atom. The number of rotatable bonds is 10. The molecule has 0 saturated carbocycles. The minimum absolute atomic E-state index is 0.164. The van der Waals surface area contributed by atoms with Crippen LogP contribution in [0.3, 0.4) is 0 Å². The SMILES string of the molecule is COCCN1C(=O)C(=Cc2c(NCCCOC(C)C)nc3c(C)cccn3c2=O)SC1=S. The lowest BCUT2D eigenvalue weighted by Gasteiger charge is -2.14. The number of thiocarbonyl (C=S) groups is 1. The van der Waals surface area contributed by atoms with Crippen LogP contribution in [0.1, 0.15) is 31.4 Å². The zero-order valence-electron chi connectivity index (χ0n) is 18.7. The number of carbonyl (C=O) groups excluding carboxylic acids is 1. The minimum atomic E-state index is -0.248. The van der Waals surface area contributed by atoms with E-state index < -0.39 is 0 Å². The molecule has 0 aliphatic carbocycles. The molecule has 1 saturated heterocycles. The zero-order valence-corrected chi connectivity index (χ0v) is 20.3. The monoisotopic (exact) mass is 476 g/mol.